The second kappa shape index (κ2) is 6.34. The number of hydrogen-bond donors (Lipinski definition) is 1. The van der Waals surface area contributed by atoms with Crippen LogP contribution in [0.5, 0.6) is 0 Å². The summed E-state index contributed by atoms with van der Waals surface area (Å²) in [6, 6.07) is 6.50. The molecule has 1 unspecified atom stereocenters. The van der Waals surface area contributed by atoms with E-state index in [-0.39, 0.29) is 0 Å². The van der Waals surface area contributed by atoms with Crippen LogP contribution in [0.1, 0.15) is 48.8 Å². The molecule has 0 amide bonds. The number of rotatable bonds is 2. The van der Waals surface area contributed by atoms with Crippen molar-refractivity contribution in [3.8, 4) is 0 Å². The van der Waals surface area contributed by atoms with Crippen LogP contribution in [-0.2, 0) is 12.8 Å². The van der Waals surface area contributed by atoms with E-state index in [1.807, 2.05) is 11.3 Å². The summed E-state index contributed by atoms with van der Waals surface area (Å²) >= 11 is 1.86. The van der Waals surface area contributed by atoms with Gasteiger partial charge in [-0.15, -0.1) is 11.3 Å². The smallest absolute Gasteiger partial charge is 0.142 e. The Bertz CT molecular complexity index is 965. The number of hydrogen-bond acceptors (Lipinski definition) is 4. The first kappa shape index (κ1) is 17.5. The lowest BCUT2D eigenvalue weighted by Crippen LogP contribution is -2.26. The maximum absolute atomic E-state index is 4.61. The third-order valence-electron chi connectivity index (χ3n) is 5.72. The van der Waals surface area contributed by atoms with Crippen molar-refractivity contribution < 1.29 is 0 Å². The summed E-state index contributed by atoms with van der Waals surface area (Å²) in [6.07, 6.45) is 5.24. The van der Waals surface area contributed by atoms with E-state index in [0.29, 0.717) is 5.41 Å². The molecule has 0 aliphatic heterocycles. The Labute approximate surface area is 159 Å². The van der Waals surface area contributed by atoms with Crippen LogP contribution in [0.3, 0.4) is 0 Å². The van der Waals surface area contributed by atoms with Gasteiger partial charge in [0, 0.05) is 10.6 Å². The van der Waals surface area contributed by atoms with Crippen LogP contribution in [0.25, 0.3) is 10.2 Å². The van der Waals surface area contributed by atoms with Crippen molar-refractivity contribution in [3.05, 3.63) is 46.1 Å². The first-order valence-electron chi connectivity index (χ1n) is 9.42. The Morgan fingerprint density at radius 2 is 1.96 bits per heavy atom. The Morgan fingerprint density at radius 1 is 1.15 bits per heavy atom. The predicted molar refractivity (Wildman–Crippen MR) is 112 cm³/mol. The van der Waals surface area contributed by atoms with E-state index in [1.54, 1.807) is 6.33 Å². The minimum atomic E-state index is 0.360. The largest absolute Gasteiger partial charge is 0.339 e. The quantitative estimate of drug-likeness (QED) is 0.587. The van der Waals surface area contributed by atoms with Crippen molar-refractivity contribution in [1.29, 1.82) is 0 Å². The average molecular weight is 366 g/mol. The summed E-state index contributed by atoms with van der Waals surface area (Å²) in [7, 11) is 0. The predicted octanol–water partition coefficient (Wildman–Crippen LogP) is 6.20. The molecule has 0 spiro atoms. The molecule has 0 saturated carbocycles. The molecular formula is C22H27N3S. The molecule has 26 heavy (non-hydrogen) atoms. The average Bonchev–Trinajstić information content (AvgIpc) is 2.96. The molecule has 2 aromatic heterocycles. The highest BCUT2D eigenvalue weighted by Crippen LogP contribution is 2.44. The molecule has 3 nitrogen and oxygen atoms in total. The summed E-state index contributed by atoms with van der Waals surface area (Å²) in [5.74, 6) is 1.70. The Hall–Kier alpha value is -1.94. The van der Waals surface area contributed by atoms with Gasteiger partial charge in [-0.1, -0.05) is 32.9 Å². The Balaban J connectivity index is 1.76. The van der Waals surface area contributed by atoms with Gasteiger partial charge in [-0.3, -0.25) is 0 Å². The van der Waals surface area contributed by atoms with E-state index in [0.717, 1.165) is 28.7 Å². The van der Waals surface area contributed by atoms with Gasteiger partial charge in [-0.05, 0) is 67.2 Å². The first-order valence-corrected chi connectivity index (χ1v) is 10.2. The third kappa shape index (κ3) is 3.11. The number of thiophene rings is 1. The highest BCUT2D eigenvalue weighted by molar-refractivity contribution is 7.19. The molecule has 3 aromatic rings. The molecule has 0 radical (unpaired) electrons. The highest BCUT2D eigenvalue weighted by Gasteiger charge is 2.31. The molecule has 0 saturated heterocycles. The third-order valence-corrected chi connectivity index (χ3v) is 6.88. The number of anilines is 2. The topological polar surface area (TPSA) is 37.8 Å². The van der Waals surface area contributed by atoms with Gasteiger partial charge in [-0.25, -0.2) is 9.97 Å². The van der Waals surface area contributed by atoms with E-state index in [1.165, 1.54) is 39.8 Å². The van der Waals surface area contributed by atoms with Gasteiger partial charge in [0.1, 0.15) is 17.0 Å². The lowest BCUT2D eigenvalue weighted by atomic mass is 9.72. The minimum Gasteiger partial charge on any atom is -0.339 e. The molecule has 1 aromatic carbocycles. The van der Waals surface area contributed by atoms with Crippen molar-refractivity contribution in [2.45, 2.75) is 53.9 Å². The minimum absolute atomic E-state index is 0.360. The Morgan fingerprint density at radius 3 is 2.73 bits per heavy atom. The first-order chi connectivity index (χ1) is 12.3. The molecule has 1 atom stereocenters. The van der Waals surface area contributed by atoms with Crippen LogP contribution in [0.2, 0.25) is 0 Å². The zero-order chi connectivity index (χ0) is 18.5. The maximum atomic E-state index is 4.61. The fraction of sp³-hybridized carbons (Fsp3) is 0.455. The number of nitrogens with zero attached hydrogens (tertiary/aromatic N) is 2. The van der Waals surface area contributed by atoms with Crippen LogP contribution in [0.15, 0.2) is 24.5 Å². The van der Waals surface area contributed by atoms with Crippen molar-refractivity contribution in [1.82, 2.24) is 9.97 Å². The molecule has 2 heterocycles. The molecule has 136 valence electrons. The molecule has 0 fully saturated rings. The molecule has 1 N–H and O–H groups in total. The number of aromatic nitrogens is 2. The van der Waals surface area contributed by atoms with Gasteiger partial charge >= 0.3 is 0 Å². The fourth-order valence-electron chi connectivity index (χ4n) is 3.94. The van der Waals surface area contributed by atoms with Crippen LogP contribution in [0, 0.1) is 25.2 Å². The van der Waals surface area contributed by atoms with Gasteiger partial charge in [0.05, 0.1) is 5.39 Å². The molecule has 0 bridgehead atoms. The van der Waals surface area contributed by atoms with Crippen molar-refractivity contribution in [2.24, 2.45) is 11.3 Å². The summed E-state index contributed by atoms with van der Waals surface area (Å²) in [5.41, 5.74) is 5.45. The van der Waals surface area contributed by atoms with Crippen LogP contribution < -0.4 is 5.32 Å². The van der Waals surface area contributed by atoms with Gasteiger partial charge < -0.3 is 5.32 Å². The van der Waals surface area contributed by atoms with Crippen LogP contribution in [0.4, 0.5) is 11.5 Å². The number of fused-ring (bicyclic) bond motifs is 3. The normalized spacial score (nSPS) is 17.3. The van der Waals surface area contributed by atoms with E-state index in [9.17, 15) is 0 Å². The zero-order valence-corrected chi connectivity index (χ0v) is 17.1. The van der Waals surface area contributed by atoms with Crippen molar-refractivity contribution in [3.63, 3.8) is 0 Å². The maximum Gasteiger partial charge on any atom is 0.142 e. The van der Waals surface area contributed by atoms with Gasteiger partial charge in [0.25, 0.3) is 0 Å². The molecular weight excluding hydrogens is 338 g/mol. The number of benzene rings is 1. The van der Waals surface area contributed by atoms with Crippen molar-refractivity contribution >= 4 is 33.1 Å². The SMILES string of the molecule is Cc1ccc(C)c(Nc2ncnc3sc4c(c23)CCC(C(C)(C)C)C4)c1. The molecule has 1 aliphatic rings. The summed E-state index contributed by atoms with van der Waals surface area (Å²) in [5, 5.41) is 4.83. The standard InChI is InChI=1S/C22H27N3S/c1-13-6-7-14(2)17(10-13)25-20-19-16-9-8-15(22(3,4)5)11-18(16)26-21(19)24-12-23-20/h6-7,10,12,15H,8-9,11H2,1-5H3,(H,23,24,25). The second-order valence-electron chi connectivity index (χ2n) is 8.66. The number of aryl methyl sites for hydroxylation is 3. The van der Waals surface area contributed by atoms with E-state index in [2.05, 4.69) is 68.1 Å². The lowest BCUT2D eigenvalue weighted by Gasteiger charge is -2.33. The van der Waals surface area contributed by atoms with Gasteiger partial charge in [0.15, 0.2) is 0 Å². The molecule has 4 heteroatoms. The van der Waals surface area contributed by atoms with Crippen LogP contribution >= 0.6 is 11.3 Å². The molecule has 1 aliphatic carbocycles. The Kier molecular flexibility index (Phi) is 4.26. The summed E-state index contributed by atoms with van der Waals surface area (Å²) in [6.45, 7) is 11.4. The van der Waals surface area contributed by atoms with Gasteiger partial charge in [-0.2, -0.15) is 0 Å². The monoisotopic (exact) mass is 365 g/mol. The summed E-state index contributed by atoms with van der Waals surface area (Å²) in [4.78, 5) is 11.8. The second-order valence-corrected chi connectivity index (χ2v) is 9.74. The van der Waals surface area contributed by atoms with E-state index < -0.39 is 0 Å². The highest BCUT2D eigenvalue weighted by atomic mass is 32.1. The van der Waals surface area contributed by atoms with E-state index in [4.69, 9.17) is 0 Å². The molecule has 4 rings (SSSR count). The van der Waals surface area contributed by atoms with E-state index >= 15 is 0 Å². The number of nitrogens with one attached hydrogen (secondary N) is 1. The lowest BCUT2D eigenvalue weighted by molar-refractivity contribution is 0.218. The summed E-state index contributed by atoms with van der Waals surface area (Å²) < 4.78 is 0. The zero-order valence-electron chi connectivity index (χ0n) is 16.3. The van der Waals surface area contributed by atoms with Gasteiger partial charge in [0.2, 0.25) is 0 Å². The van der Waals surface area contributed by atoms with Crippen LogP contribution in [-0.4, -0.2) is 9.97 Å². The fourth-order valence-corrected chi connectivity index (χ4v) is 5.21. The van der Waals surface area contributed by atoms with Crippen molar-refractivity contribution in [2.75, 3.05) is 5.32 Å².